The normalized spacial score (nSPS) is 15.3. The maximum absolute atomic E-state index is 12.0. The molecule has 0 saturated carbocycles. The summed E-state index contributed by atoms with van der Waals surface area (Å²) in [5.74, 6) is -0.372. The summed E-state index contributed by atoms with van der Waals surface area (Å²) in [5.41, 5.74) is 1.49. The Morgan fingerprint density at radius 1 is 1.30 bits per heavy atom. The van der Waals surface area contributed by atoms with E-state index < -0.39 is 5.97 Å². The van der Waals surface area contributed by atoms with Gasteiger partial charge in [-0.25, -0.2) is 4.79 Å². The van der Waals surface area contributed by atoms with Crippen molar-refractivity contribution in [2.45, 2.75) is 13.8 Å². The number of ketones is 1. The Bertz CT molecular complexity index is 582. The molecule has 20 heavy (non-hydrogen) atoms. The van der Waals surface area contributed by atoms with Gasteiger partial charge in [0.15, 0.2) is 6.61 Å². The van der Waals surface area contributed by atoms with Crippen LogP contribution in [0.5, 0.6) is 0 Å². The summed E-state index contributed by atoms with van der Waals surface area (Å²) in [6.07, 6.45) is 1.70. The Hall–Kier alpha value is -2.36. The molecule has 1 aliphatic rings. The summed E-state index contributed by atoms with van der Waals surface area (Å²) in [6.45, 7) is 3.49. The second-order valence-corrected chi connectivity index (χ2v) is 4.36. The second-order valence-electron chi connectivity index (χ2n) is 4.36. The van der Waals surface area contributed by atoms with Crippen LogP contribution in [0.1, 0.15) is 19.4 Å². The molecule has 1 aromatic rings. The SMILES string of the molecule is CCOC(=O)C1=C(C)C=C(c2ccccc2)OCC1=O. The van der Waals surface area contributed by atoms with Crippen molar-refractivity contribution in [2.24, 2.45) is 0 Å². The van der Waals surface area contributed by atoms with E-state index in [1.54, 1.807) is 19.9 Å². The average Bonchev–Trinajstić information content (AvgIpc) is 2.59. The number of ether oxygens (including phenoxy) is 2. The van der Waals surface area contributed by atoms with Gasteiger partial charge in [-0.1, -0.05) is 30.3 Å². The Balaban J connectivity index is 2.39. The van der Waals surface area contributed by atoms with E-state index in [1.807, 2.05) is 30.3 Å². The van der Waals surface area contributed by atoms with E-state index in [1.165, 1.54) is 0 Å². The molecule has 0 aliphatic carbocycles. The molecule has 0 fully saturated rings. The molecule has 0 radical (unpaired) electrons. The third kappa shape index (κ3) is 2.96. The number of esters is 1. The van der Waals surface area contributed by atoms with Gasteiger partial charge in [-0.15, -0.1) is 0 Å². The van der Waals surface area contributed by atoms with Gasteiger partial charge < -0.3 is 9.47 Å². The maximum Gasteiger partial charge on any atom is 0.342 e. The molecule has 0 atom stereocenters. The van der Waals surface area contributed by atoms with Crippen molar-refractivity contribution in [3.63, 3.8) is 0 Å². The Kier molecular flexibility index (Phi) is 4.35. The Morgan fingerprint density at radius 2 is 2.00 bits per heavy atom. The first-order chi connectivity index (χ1) is 9.63. The van der Waals surface area contributed by atoms with Gasteiger partial charge in [0.2, 0.25) is 5.78 Å². The highest BCUT2D eigenvalue weighted by Crippen LogP contribution is 2.23. The van der Waals surface area contributed by atoms with E-state index in [0.29, 0.717) is 11.3 Å². The van der Waals surface area contributed by atoms with Crippen molar-refractivity contribution in [3.05, 3.63) is 53.1 Å². The van der Waals surface area contributed by atoms with Crippen molar-refractivity contribution in [1.82, 2.24) is 0 Å². The average molecular weight is 272 g/mol. The minimum absolute atomic E-state index is 0.0674. The smallest absolute Gasteiger partial charge is 0.342 e. The highest BCUT2D eigenvalue weighted by Gasteiger charge is 2.25. The van der Waals surface area contributed by atoms with Crippen LogP contribution in [0, 0.1) is 0 Å². The van der Waals surface area contributed by atoms with Gasteiger partial charge in [-0.2, -0.15) is 0 Å². The van der Waals surface area contributed by atoms with E-state index in [0.717, 1.165) is 5.56 Å². The maximum atomic E-state index is 12.0. The lowest BCUT2D eigenvalue weighted by Crippen LogP contribution is -2.19. The monoisotopic (exact) mass is 272 g/mol. The van der Waals surface area contributed by atoms with Gasteiger partial charge in [0.1, 0.15) is 11.3 Å². The van der Waals surface area contributed by atoms with Gasteiger partial charge in [0.05, 0.1) is 6.61 Å². The molecule has 1 heterocycles. The predicted molar refractivity (Wildman–Crippen MR) is 74.7 cm³/mol. The quantitative estimate of drug-likeness (QED) is 0.626. The van der Waals surface area contributed by atoms with Gasteiger partial charge in [0.25, 0.3) is 0 Å². The van der Waals surface area contributed by atoms with Crippen LogP contribution in [0.2, 0.25) is 0 Å². The van der Waals surface area contributed by atoms with E-state index in [4.69, 9.17) is 9.47 Å². The van der Waals surface area contributed by atoms with Crippen molar-refractivity contribution in [2.75, 3.05) is 13.2 Å². The molecule has 4 nitrogen and oxygen atoms in total. The lowest BCUT2D eigenvalue weighted by molar-refractivity contribution is -0.140. The predicted octanol–water partition coefficient (Wildman–Crippen LogP) is 2.51. The molecule has 0 amide bonds. The van der Waals surface area contributed by atoms with Crippen LogP contribution in [0.15, 0.2) is 47.6 Å². The minimum atomic E-state index is -0.593. The highest BCUT2D eigenvalue weighted by atomic mass is 16.5. The number of carbonyl (C=O) groups excluding carboxylic acids is 2. The summed E-state index contributed by atoms with van der Waals surface area (Å²) < 4.78 is 10.4. The zero-order valence-electron chi connectivity index (χ0n) is 11.5. The van der Waals surface area contributed by atoms with Crippen molar-refractivity contribution < 1.29 is 19.1 Å². The third-order valence-corrected chi connectivity index (χ3v) is 2.92. The fraction of sp³-hybridized carbons (Fsp3) is 0.250. The van der Waals surface area contributed by atoms with Crippen LogP contribution in [0.3, 0.4) is 0 Å². The van der Waals surface area contributed by atoms with Crippen LogP contribution >= 0.6 is 0 Å². The molecular formula is C16H16O4. The number of benzene rings is 1. The molecule has 0 saturated heterocycles. The summed E-state index contributed by atoms with van der Waals surface area (Å²) in [6, 6.07) is 9.45. The fourth-order valence-electron chi connectivity index (χ4n) is 1.99. The van der Waals surface area contributed by atoms with Crippen LogP contribution in [0.4, 0.5) is 0 Å². The first kappa shape index (κ1) is 14.1. The molecule has 0 N–H and O–H groups in total. The van der Waals surface area contributed by atoms with Gasteiger partial charge in [0, 0.05) is 5.56 Å². The molecular weight excluding hydrogens is 256 g/mol. The van der Waals surface area contributed by atoms with E-state index in [2.05, 4.69) is 0 Å². The fourth-order valence-corrected chi connectivity index (χ4v) is 1.99. The van der Waals surface area contributed by atoms with Crippen molar-refractivity contribution >= 4 is 17.5 Å². The first-order valence-corrected chi connectivity index (χ1v) is 6.44. The number of hydrogen-bond acceptors (Lipinski definition) is 4. The van der Waals surface area contributed by atoms with Crippen molar-refractivity contribution in [1.29, 1.82) is 0 Å². The topological polar surface area (TPSA) is 52.6 Å². The standard InChI is InChI=1S/C16H16O4/c1-3-19-16(18)15-11(2)9-14(20-10-13(15)17)12-7-5-4-6-8-12/h4-9H,3,10H2,1-2H3. The number of hydrogen-bond donors (Lipinski definition) is 0. The van der Waals surface area contributed by atoms with Crippen LogP contribution in [0.25, 0.3) is 5.76 Å². The lowest BCUT2D eigenvalue weighted by atomic mass is 10.0. The molecule has 2 rings (SSSR count). The molecule has 0 bridgehead atoms. The largest absolute Gasteiger partial charge is 0.485 e. The summed E-state index contributed by atoms with van der Waals surface area (Å²) >= 11 is 0. The van der Waals surface area contributed by atoms with Crippen LogP contribution in [-0.2, 0) is 19.1 Å². The molecule has 1 aliphatic heterocycles. The summed E-state index contributed by atoms with van der Waals surface area (Å²) in [4.78, 5) is 23.8. The zero-order valence-corrected chi connectivity index (χ0v) is 11.5. The van der Waals surface area contributed by atoms with Gasteiger partial charge in [-0.3, -0.25) is 4.79 Å². The van der Waals surface area contributed by atoms with Crippen LogP contribution < -0.4 is 0 Å². The second kappa shape index (κ2) is 6.19. The summed E-state index contributed by atoms with van der Waals surface area (Å²) in [5, 5.41) is 0. The number of Topliss-reactive ketones (excluding diaryl/α,β-unsaturated/α-hetero) is 1. The van der Waals surface area contributed by atoms with E-state index in [-0.39, 0.29) is 24.6 Å². The van der Waals surface area contributed by atoms with Gasteiger partial charge in [-0.05, 0) is 25.5 Å². The van der Waals surface area contributed by atoms with Crippen molar-refractivity contribution in [3.8, 4) is 0 Å². The number of allylic oxidation sites excluding steroid dienone is 2. The zero-order chi connectivity index (χ0) is 14.5. The molecule has 104 valence electrons. The van der Waals surface area contributed by atoms with E-state index >= 15 is 0 Å². The molecule has 0 unspecified atom stereocenters. The van der Waals surface area contributed by atoms with Crippen LogP contribution in [-0.4, -0.2) is 25.0 Å². The first-order valence-electron chi connectivity index (χ1n) is 6.44. The molecule has 1 aromatic carbocycles. The van der Waals surface area contributed by atoms with Gasteiger partial charge >= 0.3 is 5.97 Å². The van der Waals surface area contributed by atoms with E-state index in [9.17, 15) is 9.59 Å². The minimum Gasteiger partial charge on any atom is -0.485 e. The molecule has 4 heteroatoms. The highest BCUT2D eigenvalue weighted by molar-refractivity contribution is 6.19. The molecule has 0 aromatic heterocycles. The Morgan fingerprint density at radius 3 is 2.65 bits per heavy atom. The molecule has 0 spiro atoms. The number of carbonyl (C=O) groups is 2. The Labute approximate surface area is 117 Å². The summed E-state index contributed by atoms with van der Waals surface area (Å²) in [7, 11) is 0. The lowest BCUT2D eigenvalue weighted by Gasteiger charge is -2.07. The third-order valence-electron chi connectivity index (χ3n) is 2.92. The number of rotatable bonds is 3.